The molecule has 0 saturated carbocycles. The summed E-state index contributed by atoms with van der Waals surface area (Å²) in [5, 5.41) is 9.80. The van der Waals surface area contributed by atoms with E-state index in [1.807, 2.05) is 12.1 Å². The number of fused-ring (bicyclic) bond motifs is 7. The second kappa shape index (κ2) is 13.2. The van der Waals surface area contributed by atoms with Crippen molar-refractivity contribution >= 4 is 71.3 Å². The molecule has 2 nitrogen and oxygen atoms in total. The van der Waals surface area contributed by atoms with Gasteiger partial charge in [-0.1, -0.05) is 158 Å². The molecule has 2 heteroatoms. The minimum absolute atomic E-state index is 0.907. The van der Waals surface area contributed by atoms with Crippen molar-refractivity contribution in [2.24, 2.45) is 0 Å². The summed E-state index contributed by atoms with van der Waals surface area (Å²) in [4.78, 5) is 2.36. The Morgan fingerprint density at radius 1 is 0.286 bits per heavy atom. The molecule has 0 radical (unpaired) electrons. The van der Waals surface area contributed by atoms with Gasteiger partial charge in [0, 0.05) is 33.4 Å². The van der Waals surface area contributed by atoms with Crippen LogP contribution in [0.2, 0.25) is 0 Å². The van der Waals surface area contributed by atoms with Gasteiger partial charge in [-0.05, 0) is 115 Å². The maximum Gasteiger partial charge on any atom is 0.143 e. The van der Waals surface area contributed by atoms with Crippen molar-refractivity contribution in [2.75, 3.05) is 4.90 Å². The molecule has 0 aliphatic carbocycles. The van der Waals surface area contributed by atoms with Crippen LogP contribution in [0.4, 0.5) is 17.1 Å². The average molecular weight is 714 g/mol. The van der Waals surface area contributed by atoms with Crippen molar-refractivity contribution in [1.82, 2.24) is 0 Å². The highest BCUT2D eigenvalue weighted by atomic mass is 16.3. The van der Waals surface area contributed by atoms with Gasteiger partial charge in [-0.2, -0.15) is 0 Å². The minimum Gasteiger partial charge on any atom is -0.455 e. The third kappa shape index (κ3) is 5.42. The fraction of sp³-hybridized carbons (Fsp3) is 0. The largest absolute Gasteiger partial charge is 0.455 e. The molecule has 56 heavy (non-hydrogen) atoms. The summed E-state index contributed by atoms with van der Waals surface area (Å²) >= 11 is 0. The smallest absolute Gasteiger partial charge is 0.143 e. The van der Waals surface area contributed by atoms with Crippen LogP contribution in [-0.2, 0) is 0 Å². The standard InChI is InChI=1S/C54H35NO/c1-2-12-39-33-41(24-23-36(39)11-1)40-14-9-15-45(34-40)55(43-29-25-37(26-30-43)47-20-10-21-51-50-19-7-8-22-53(50)56-54(47)51)44-31-27-38(28-32-44)52-35-42-13-3-4-16-46(42)48-17-5-6-18-49(48)52/h1-35H. The van der Waals surface area contributed by atoms with E-state index in [1.54, 1.807) is 0 Å². The summed E-state index contributed by atoms with van der Waals surface area (Å²) in [6, 6.07) is 76.5. The van der Waals surface area contributed by atoms with E-state index >= 15 is 0 Å². The fourth-order valence-electron chi connectivity index (χ4n) is 8.49. The second-order valence-electron chi connectivity index (χ2n) is 14.5. The van der Waals surface area contributed by atoms with Crippen LogP contribution in [0.1, 0.15) is 0 Å². The molecule has 1 aromatic heterocycles. The van der Waals surface area contributed by atoms with Crippen LogP contribution in [0.15, 0.2) is 217 Å². The Balaban J connectivity index is 1.03. The second-order valence-corrected chi connectivity index (χ2v) is 14.5. The van der Waals surface area contributed by atoms with Crippen LogP contribution in [-0.4, -0.2) is 0 Å². The third-order valence-electron chi connectivity index (χ3n) is 11.2. The molecule has 0 N–H and O–H groups in total. The van der Waals surface area contributed by atoms with Crippen LogP contribution in [0.5, 0.6) is 0 Å². The Kier molecular flexibility index (Phi) is 7.53. The molecular formula is C54H35NO. The summed E-state index contributed by atoms with van der Waals surface area (Å²) in [6.45, 7) is 0. The highest BCUT2D eigenvalue weighted by molar-refractivity contribution is 6.14. The molecule has 10 aromatic carbocycles. The molecule has 262 valence electrons. The summed E-state index contributed by atoms with van der Waals surface area (Å²) < 4.78 is 6.42. The summed E-state index contributed by atoms with van der Waals surface area (Å²) in [6.07, 6.45) is 0. The lowest BCUT2D eigenvalue weighted by Gasteiger charge is -2.26. The first-order valence-electron chi connectivity index (χ1n) is 19.2. The number of hydrogen-bond donors (Lipinski definition) is 0. The molecular weight excluding hydrogens is 679 g/mol. The SMILES string of the molecule is c1cc(-c2ccc3ccccc3c2)cc(N(c2ccc(-c3cc4ccccc4c4ccccc34)cc2)c2ccc(-c3cccc4c3oc3ccccc34)cc2)c1. The van der Waals surface area contributed by atoms with Gasteiger partial charge in [-0.3, -0.25) is 0 Å². The third-order valence-corrected chi connectivity index (χ3v) is 11.2. The minimum atomic E-state index is 0.907. The predicted octanol–water partition coefficient (Wildman–Crippen LogP) is 15.5. The Morgan fingerprint density at radius 3 is 1.64 bits per heavy atom. The van der Waals surface area contributed by atoms with Crippen molar-refractivity contribution in [2.45, 2.75) is 0 Å². The van der Waals surface area contributed by atoms with E-state index in [-0.39, 0.29) is 0 Å². The van der Waals surface area contributed by atoms with Crippen molar-refractivity contribution in [3.8, 4) is 33.4 Å². The molecule has 0 aliphatic rings. The van der Waals surface area contributed by atoms with E-state index in [0.717, 1.165) is 50.1 Å². The zero-order valence-electron chi connectivity index (χ0n) is 30.6. The normalized spacial score (nSPS) is 11.6. The number of anilines is 3. The molecule has 0 atom stereocenters. The van der Waals surface area contributed by atoms with Gasteiger partial charge in [-0.25, -0.2) is 0 Å². The molecule has 0 unspecified atom stereocenters. The molecule has 0 spiro atoms. The Labute approximate surface area is 325 Å². The number of furan rings is 1. The number of para-hydroxylation sites is 2. The topological polar surface area (TPSA) is 16.4 Å². The first kappa shape index (κ1) is 32.0. The number of hydrogen-bond acceptors (Lipinski definition) is 2. The van der Waals surface area contributed by atoms with Crippen LogP contribution in [0.25, 0.3) is 87.6 Å². The van der Waals surface area contributed by atoms with E-state index in [4.69, 9.17) is 4.42 Å². The van der Waals surface area contributed by atoms with E-state index < -0.39 is 0 Å². The summed E-state index contributed by atoms with van der Waals surface area (Å²) in [7, 11) is 0. The maximum atomic E-state index is 6.42. The van der Waals surface area contributed by atoms with Crippen molar-refractivity contribution in [1.29, 1.82) is 0 Å². The zero-order valence-corrected chi connectivity index (χ0v) is 30.6. The van der Waals surface area contributed by atoms with Crippen molar-refractivity contribution in [3.05, 3.63) is 212 Å². The Morgan fingerprint density at radius 2 is 0.857 bits per heavy atom. The van der Waals surface area contributed by atoms with Crippen molar-refractivity contribution in [3.63, 3.8) is 0 Å². The fourth-order valence-corrected chi connectivity index (χ4v) is 8.49. The molecule has 0 fully saturated rings. The first-order valence-corrected chi connectivity index (χ1v) is 19.2. The van der Waals surface area contributed by atoms with Crippen LogP contribution in [0, 0.1) is 0 Å². The van der Waals surface area contributed by atoms with Gasteiger partial charge in [-0.15, -0.1) is 0 Å². The van der Waals surface area contributed by atoms with Gasteiger partial charge in [0.1, 0.15) is 11.2 Å². The monoisotopic (exact) mass is 713 g/mol. The van der Waals surface area contributed by atoms with E-state index in [0.29, 0.717) is 0 Å². The van der Waals surface area contributed by atoms with Crippen LogP contribution >= 0.6 is 0 Å². The summed E-state index contributed by atoms with van der Waals surface area (Å²) in [5.41, 5.74) is 12.1. The van der Waals surface area contributed by atoms with E-state index in [9.17, 15) is 0 Å². The molecule has 1 heterocycles. The average Bonchev–Trinajstić information content (AvgIpc) is 3.66. The van der Waals surface area contributed by atoms with Gasteiger partial charge < -0.3 is 9.32 Å². The van der Waals surface area contributed by atoms with Gasteiger partial charge in [0.25, 0.3) is 0 Å². The van der Waals surface area contributed by atoms with Gasteiger partial charge in [0.15, 0.2) is 0 Å². The zero-order chi connectivity index (χ0) is 37.0. The molecule has 0 amide bonds. The molecule has 11 aromatic rings. The van der Waals surface area contributed by atoms with E-state index in [2.05, 4.69) is 205 Å². The number of benzene rings is 10. The van der Waals surface area contributed by atoms with Crippen molar-refractivity contribution < 1.29 is 4.42 Å². The van der Waals surface area contributed by atoms with Gasteiger partial charge in [0.05, 0.1) is 0 Å². The molecule has 0 bridgehead atoms. The lowest BCUT2D eigenvalue weighted by Crippen LogP contribution is -2.10. The molecule has 0 saturated heterocycles. The lowest BCUT2D eigenvalue weighted by molar-refractivity contribution is 0.670. The Hall–Kier alpha value is -7.42. The summed E-state index contributed by atoms with van der Waals surface area (Å²) in [5.74, 6) is 0. The molecule has 0 aliphatic heterocycles. The maximum absolute atomic E-state index is 6.42. The number of rotatable bonds is 6. The highest BCUT2D eigenvalue weighted by Crippen LogP contribution is 2.42. The predicted molar refractivity (Wildman–Crippen MR) is 237 cm³/mol. The van der Waals surface area contributed by atoms with Crippen LogP contribution < -0.4 is 4.90 Å². The van der Waals surface area contributed by atoms with E-state index in [1.165, 1.54) is 54.6 Å². The number of nitrogens with zero attached hydrogens (tertiary/aromatic N) is 1. The molecule has 11 rings (SSSR count). The highest BCUT2D eigenvalue weighted by Gasteiger charge is 2.17. The first-order chi connectivity index (χ1) is 27.7. The van der Waals surface area contributed by atoms with Gasteiger partial charge >= 0.3 is 0 Å². The van der Waals surface area contributed by atoms with Crippen LogP contribution in [0.3, 0.4) is 0 Å². The quantitative estimate of drug-likeness (QED) is 0.160. The lowest BCUT2D eigenvalue weighted by atomic mass is 9.93. The van der Waals surface area contributed by atoms with Gasteiger partial charge in [0.2, 0.25) is 0 Å². The Bertz CT molecular complexity index is 3250.